The van der Waals surface area contributed by atoms with Crippen molar-refractivity contribution in [1.82, 2.24) is 24.5 Å². The molecule has 0 aromatic carbocycles. The molecule has 0 fully saturated rings. The van der Waals surface area contributed by atoms with Crippen LogP contribution in [-0.4, -0.2) is 24.5 Å². The molecule has 0 aliphatic rings. The molecular weight excluding hydrogens is 180 g/mol. The molecule has 0 saturated carbocycles. The first kappa shape index (κ1) is 8.74. The topological polar surface area (TPSA) is 74.5 Å². The molecule has 0 spiro atoms. The van der Waals surface area contributed by atoms with E-state index in [0.29, 0.717) is 0 Å². The normalized spacial score (nSPS) is 10.6. The zero-order valence-corrected chi connectivity index (χ0v) is 7.96. The number of nitrogens with two attached hydrogens (primary N) is 1. The highest BCUT2D eigenvalue weighted by molar-refractivity contribution is 5.39. The first-order valence-corrected chi connectivity index (χ1v) is 4.37. The van der Waals surface area contributed by atoms with E-state index in [9.17, 15) is 0 Å². The molecule has 6 nitrogen and oxygen atoms in total. The second-order valence-electron chi connectivity index (χ2n) is 3.09. The molecule has 2 N–H and O–H groups in total. The third kappa shape index (κ3) is 1.73. The maximum atomic E-state index is 5.67. The van der Waals surface area contributed by atoms with Crippen LogP contribution in [0.15, 0.2) is 18.9 Å². The lowest BCUT2D eigenvalue weighted by Crippen LogP contribution is -2.08. The fraction of sp³-hybridized carbons (Fsp3) is 0.375. The van der Waals surface area contributed by atoms with E-state index < -0.39 is 0 Å². The van der Waals surface area contributed by atoms with Crippen LogP contribution in [0.3, 0.4) is 0 Å². The Hall–Kier alpha value is -1.85. The van der Waals surface area contributed by atoms with Gasteiger partial charge in [-0.1, -0.05) is 0 Å². The molecule has 0 unspecified atom stereocenters. The van der Waals surface area contributed by atoms with E-state index in [2.05, 4.69) is 15.2 Å². The number of aromatic nitrogens is 5. The van der Waals surface area contributed by atoms with Gasteiger partial charge in [-0.05, 0) is 6.92 Å². The molecule has 0 saturated heterocycles. The maximum absolute atomic E-state index is 5.67. The summed E-state index contributed by atoms with van der Waals surface area (Å²) in [5.41, 5.74) is 7.26. The minimum atomic E-state index is 0.726. The zero-order valence-electron chi connectivity index (χ0n) is 7.96. The molecule has 2 aromatic heterocycles. The van der Waals surface area contributed by atoms with Gasteiger partial charge in [0.25, 0.3) is 0 Å². The molecule has 14 heavy (non-hydrogen) atoms. The zero-order chi connectivity index (χ0) is 9.97. The van der Waals surface area contributed by atoms with Crippen molar-refractivity contribution < 1.29 is 0 Å². The van der Waals surface area contributed by atoms with Crippen LogP contribution in [0, 0.1) is 6.92 Å². The molecule has 0 aliphatic carbocycles. The monoisotopic (exact) mass is 192 g/mol. The molecule has 0 bridgehead atoms. The largest absolute Gasteiger partial charge is 0.396 e. The van der Waals surface area contributed by atoms with Crippen LogP contribution < -0.4 is 5.73 Å². The van der Waals surface area contributed by atoms with E-state index in [1.807, 2.05) is 17.8 Å². The lowest BCUT2D eigenvalue weighted by molar-refractivity contribution is 0.497. The predicted molar refractivity (Wildman–Crippen MR) is 51.4 cm³/mol. The number of anilines is 1. The van der Waals surface area contributed by atoms with Gasteiger partial charge in [-0.15, -0.1) is 0 Å². The Bertz CT molecular complexity index is 382. The first-order valence-electron chi connectivity index (χ1n) is 4.37. The lowest BCUT2D eigenvalue weighted by atomic mass is 10.4. The Kier molecular flexibility index (Phi) is 2.18. The summed E-state index contributed by atoms with van der Waals surface area (Å²) in [6.45, 7) is 3.39. The Balaban J connectivity index is 1.98. The standard InChI is InChI=1S/C8H12N6/c1-7-8(9)4-13(12-7)2-3-14-6-10-5-11-14/h4-6H,2-3,9H2,1H3. The molecule has 0 aliphatic heterocycles. The minimum Gasteiger partial charge on any atom is -0.396 e. The second kappa shape index (κ2) is 3.49. The third-order valence-corrected chi connectivity index (χ3v) is 2.01. The van der Waals surface area contributed by atoms with Crippen LogP contribution >= 0.6 is 0 Å². The van der Waals surface area contributed by atoms with E-state index in [-0.39, 0.29) is 0 Å². The van der Waals surface area contributed by atoms with Crippen LogP contribution in [-0.2, 0) is 13.1 Å². The summed E-state index contributed by atoms with van der Waals surface area (Å²) in [5.74, 6) is 0. The maximum Gasteiger partial charge on any atom is 0.137 e. The first-order chi connectivity index (χ1) is 6.75. The molecular formula is C8H12N6. The summed E-state index contributed by atoms with van der Waals surface area (Å²) >= 11 is 0. The van der Waals surface area contributed by atoms with Gasteiger partial charge in [0, 0.05) is 6.20 Å². The Morgan fingerprint density at radius 1 is 1.36 bits per heavy atom. The van der Waals surface area contributed by atoms with Gasteiger partial charge in [-0.2, -0.15) is 10.2 Å². The van der Waals surface area contributed by atoms with Crippen molar-refractivity contribution in [2.24, 2.45) is 0 Å². The van der Waals surface area contributed by atoms with Gasteiger partial charge in [0.1, 0.15) is 12.7 Å². The smallest absolute Gasteiger partial charge is 0.137 e. The highest BCUT2D eigenvalue weighted by Crippen LogP contribution is 2.06. The molecule has 2 rings (SSSR count). The van der Waals surface area contributed by atoms with Crippen LogP contribution in [0.5, 0.6) is 0 Å². The number of rotatable bonds is 3. The van der Waals surface area contributed by atoms with Crippen molar-refractivity contribution in [3.05, 3.63) is 24.5 Å². The van der Waals surface area contributed by atoms with Crippen molar-refractivity contribution in [1.29, 1.82) is 0 Å². The molecule has 74 valence electrons. The van der Waals surface area contributed by atoms with Crippen molar-refractivity contribution in [2.45, 2.75) is 20.0 Å². The van der Waals surface area contributed by atoms with E-state index in [4.69, 9.17) is 5.73 Å². The lowest BCUT2D eigenvalue weighted by Gasteiger charge is -2.00. The average Bonchev–Trinajstić information content (AvgIpc) is 2.74. The summed E-state index contributed by atoms with van der Waals surface area (Å²) in [4.78, 5) is 3.85. The summed E-state index contributed by atoms with van der Waals surface area (Å²) < 4.78 is 3.57. The summed E-state index contributed by atoms with van der Waals surface area (Å²) in [7, 11) is 0. The van der Waals surface area contributed by atoms with E-state index in [1.165, 1.54) is 6.33 Å². The van der Waals surface area contributed by atoms with Crippen molar-refractivity contribution >= 4 is 5.69 Å². The molecule has 0 amide bonds. The quantitative estimate of drug-likeness (QED) is 0.746. The van der Waals surface area contributed by atoms with Gasteiger partial charge in [0.2, 0.25) is 0 Å². The van der Waals surface area contributed by atoms with Crippen molar-refractivity contribution in [3.8, 4) is 0 Å². The Labute approximate surface area is 81.4 Å². The van der Waals surface area contributed by atoms with Gasteiger partial charge in [-0.3, -0.25) is 9.36 Å². The summed E-state index contributed by atoms with van der Waals surface area (Å²) in [6, 6.07) is 0. The number of hydrogen-bond acceptors (Lipinski definition) is 4. The van der Waals surface area contributed by atoms with Crippen LogP contribution in [0.2, 0.25) is 0 Å². The fourth-order valence-corrected chi connectivity index (χ4v) is 1.20. The van der Waals surface area contributed by atoms with Gasteiger partial charge in [0.05, 0.1) is 24.5 Å². The fourth-order valence-electron chi connectivity index (χ4n) is 1.20. The van der Waals surface area contributed by atoms with Gasteiger partial charge < -0.3 is 5.73 Å². The molecule has 2 aromatic rings. The molecule has 6 heteroatoms. The van der Waals surface area contributed by atoms with Gasteiger partial charge >= 0.3 is 0 Å². The average molecular weight is 192 g/mol. The predicted octanol–water partition coefficient (Wildman–Crippen LogP) is 0.0654. The molecule has 0 atom stereocenters. The van der Waals surface area contributed by atoms with Gasteiger partial charge in [0.15, 0.2) is 0 Å². The highest BCUT2D eigenvalue weighted by Gasteiger charge is 2.00. The molecule has 2 heterocycles. The van der Waals surface area contributed by atoms with Crippen LogP contribution in [0.1, 0.15) is 5.69 Å². The Morgan fingerprint density at radius 3 is 2.71 bits per heavy atom. The number of hydrogen-bond donors (Lipinski definition) is 1. The third-order valence-electron chi connectivity index (χ3n) is 2.01. The second-order valence-corrected chi connectivity index (χ2v) is 3.09. The van der Waals surface area contributed by atoms with E-state index >= 15 is 0 Å². The number of nitrogens with zero attached hydrogens (tertiary/aromatic N) is 5. The van der Waals surface area contributed by atoms with Crippen molar-refractivity contribution in [2.75, 3.05) is 5.73 Å². The molecule has 0 radical (unpaired) electrons. The van der Waals surface area contributed by atoms with E-state index in [1.54, 1.807) is 11.0 Å². The van der Waals surface area contributed by atoms with Crippen LogP contribution in [0.25, 0.3) is 0 Å². The number of nitrogen functional groups attached to an aromatic ring is 1. The number of aryl methyl sites for hydroxylation is 3. The highest BCUT2D eigenvalue weighted by atomic mass is 15.3. The Morgan fingerprint density at radius 2 is 2.14 bits per heavy atom. The summed E-state index contributed by atoms with van der Waals surface area (Å²) in [6.07, 6.45) is 5.02. The van der Waals surface area contributed by atoms with E-state index in [0.717, 1.165) is 24.5 Å². The van der Waals surface area contributed by atoms with Gasteiger partial charge in [-0.25, -0.2) is 4.98 Å². The SMILES string of the molecule is Cc1nn(CCn2cncn2)cc1N. The van der Waals surface area contributed by atoms with Crippen molar-refractivity contribution in [3.63, 3.8) is 0 Å². The summed E-state index contributed by atoms with van der Waals surface area (Å²) in [5, 5.41) is 8.23. The van der Waals surface area contributed by atoms with Crippen LogP contribution in [0.4, 0.5) is 5.69 Å². The minimum absolute atomic E-state index is 0.726.